The summed E-state index contributed by atoms with van der Waals surface area (Å²) in [6.45, 7) is 2.89. The standard InChI is InChI=1S/C28H29ClN6O5/c1-32(2)19-13-33(14-19)25-6-5-17(12-31-25)35-15-21(27(37)38)26(36)20-10-22(29)24(11-23(20)35)34-8-3-4-18(34)16-40-28-30-7-9-39-28/h5-7,9-12,15,18-19H,3-4,8,13-14,16H2,1-2H3,(H,37,38)/t18-/m1/s1. The highest BCUT2D eigenvalue weighted by Crippen LogP contribution is 2.36. The fourth-order valence-electron chi connectivity index (χ4n) is 5.37. The van der Waals surface area contributed by atoms with E-state index in [0.717, 1.165) is 44.0 Å². The summed E-state index contributed by atoms with van der Waals surface area (Å²) < 4.78 is 12.6. The van der Waals surface area contributed by atoms with E-state index in [1.54, 1.807) is 16.8 Å². The van der Waals surface area contributed by atoms with Crippen LogP contribution < -0.4 is 20.0 Å². The lowest BCUT2D eigenvalue weighted by Gasteiger charge is -2.43. The van der Waals surface area contributed by atoms with Crippen LogP contribution in [0.25, 0.3) is 16.6 Å². The number of rotatable bonds is 8. The molecule has 11 nitrogen and oxygen atoms in total. The topological polar surface area (TPSA) is 117 Å². The van der Waals surface area contributed by atoms with Crippen molar-refractivity contribution in [3.05, 3.63) is 69.9 Å². The molecule has 6 rings (SSSR count). The Morgan fingerprint density at radius 3 is 2.75 bits per heavy atom. The number of nitrogens with zero attached hydrogens (tertiary/aromatic N) is 6. The summed E-state index contributed by atoms with van der Waals surface area (Å²) in [6, 6.07) is 7.71. The number of hydrogen-bond donors (Lipinski definition) is 1. The number of benzene rings is 1. The molecule has 2 aliphatic heterocycles. The third-order valence-corrected chi connectivity index (χ3v) is 8.03. The Morgan fingerprint density at radius 2 is 2.08 bits per heavy atom. The van der Waals surface area contributed by atoms with Gasteiger partial charge in [-0.2, -0.15) is 4.98 Å². The van der Waals surface area contributed by atoms with Crippen LogP contribution in [-0.2, 0) is 0 Å². The average molecular weight is 565 g/mol. The van der Waals surface area contributed by atoms with Gasteiger partial charge in [0.05, 0.1) is 40.3 Å². The van der Waals surface area contributed by atoms with Gasteiger partial charge in [0.25, 0.3) is 0 Å². The summed E-state index contributed by atoms with van der Waals surface area (Å²) in [4.78, 5) is 40.4. The second-order valence-corrected chi connectivity index (χ2v) is 10.8. The van der Waals surface area contributed by atoms with E-state index < -0.39 is 11.4 Å². The zero-order valence-electron chi connectivity index (χ0n) is 22.2. The summed E-state index contributed by atoms with van der Waals surface area (Å²) >= 11 is 6.73. The Bertz CT molecular complexity index is 1600. The first kappa shape index (κ1) is 26.1. The molecule has 0 unspecified atom stereocenters. The van der Waals surface area contributed by atoms with Crippen molar-refractivity contribution in [1.29, 1.82) is 0 Å². The van der Waals surface area contributed by atoms with E-state index in [1.807, 2.05) is 18.2 Å². The van der Waals surface area contributed by atoms with Gasteiger partial charge in [0.15, 0.2) is 0 Å². The van der Waals surface area contributed by atoms with Crippen LogP contribution in [-0.4, -0.2) is 82.9 Å². The minimum absolute atomic E-state index is 0.0174. The largest absolute Gasteiger partial charge is 0.477 e. The molecule has 0 saturated carbocycles. The summed E-state index contributed by atoms with van der Waals surface area (Å²) in [5.41, 5.74) is 0.996. The number of likely N-dealkylation sites (N-methyl/N-ethyl adjacent to an activating group) is 1. The van der Waals surface area contributed by atoms with Gasteiger partial charge in [-0.1, -0.05) is 11.6 Å². The first-order valence-corrected chi connectivity index (χ1v) is 13.5. The van der Waals surface area contributed by atoms with Crippen molar-refractivity contribution < 1.29 is 19.1 Å². The lowest BCUT2D eigenvalue weighted by atomic mass is 10.1. The van der Waals surface area contributed by atoms with Crippen molar-refractivity contribution in [1.82, 2.24) is 19.4 Å². The van der Waals surface area contributed by atoms with Crippen LogP contribution in [0.2, 0.25) is 5.02 Å². The van der Waals surface area contributed by atoms with Crippen molar-refractivity contribution in [3.8, 4) is 11.8 Å². The molecule has 0 bridgehead atoms. The van der Waals surface area contributed by atoms with Gasteiger partial charge in [0, 0.05) is 37.3 Å². The lowest BCUT2D eigenvalue weighted by Crippen LogP contribution is -2.57. The highest BCUT2D eigenvalue weighted by Gasteiger charge is 2.30. The van der Waals surface area contributed by atoms with Crippen LogP contribution in [0.5, 0.6) is 6.08 Å². The SMILES string of the molecule is CN(C)C1CN(c2ccc(-n3cc(C(=O)O)c(=O)c4cc(Cl)c(N5CCC[C@@H]5COc5ncco5)cc43)cn2)C1. The van der Waals surface area contributed by atoms with Crippen LogP contribution in [0.4, 0.5) is 11.5 Å². The molecular weight excluding hydrogens is 536 g/mol. The molecule has 40 heavy (non-hydrogen) atoms. The molecule has 0 radical (unpaired) electrons. The van der Waals surface area contributed by atoms with E-state index in [4.69, 9.17) is 20.8 Å². The second kappa shape index (κ2) is 10.5. The summed E-state index contributed by atoms with van der Waals surface area (Å²) in [5.74, 6) is -0.454. The van der Waals surface area contributed by atoms with Crippen molar-refractivity contribution in [3.63, 3.8) is 0 Å². The van der Waals surface area contributed by atoms with Gasteiger partial charge in [-0.25, -0.2) is 9.78 Å². The first-order valence-electron chi connectivity index (χ1n) is 13.1. The Balaban J connectivity index is 1.38. The molecule has 2 aliphatic rings. The molecule has 3 aromatic heterocycles. The van der Waals surface area contributed by atoms with E-state index in [9.17, 15) is 14.7 Å². The highest BCUT2D eigenvalue weighted by atomic mass is 35.5. The smallest absolute Gasteiger partial charge is 0.393 e. The average Bonchev–Trinajstić information content (AvgIpc) is 3.59. The van der Waals surface area contributed by atoms with E-state index in [1.165, 1.54) is 18.7 Å². The Kier molecular flexibility index (Phi) is 6.85. The number of oxazole rings is 1. The molecule has 4 aromatic rings. The molecule has 1 aromatic carbocycles. The molecule has 2 fully saturated rings. The molecule has 2 saturated heterocycles. The van der Waals surface area contributed by atoms with E-state index in [-0.39, 0.29) is 23.1 Å². The number of carboxylic acids is 1. The third-order valence-electron chi connectivity index (χ3n) is 7.72. The highest BCUT2D eigenvalue weighted by molar-refractivity contribution is 6.34. The number of carbonyl (C=O) groups is 1. The molecule has 0 spiro atoms. The fraction of sp³-hybridized carbons (Fsp3) is 0.357. The predicted octanol–water partition coefficient (Wildman–Crippen LogP) is 3.52. The molecule has 1 atom stereocenters. The Morgan fingerprint density at radius 1 is 1.25 bits per heavy atom. The van der Waals surface area contributed by atoms with Crippen molar-refractivity contribution in [2.45, 2.75) is 24.9 Å². The molecule has 1 N–H and O–H groups in total. The molecule has 5 heterocycles. The number of aromatic carboxylic acids is 1. The maximum Gasteiger partial charge on any atom is 0.393 e. The zero-order chi connectivity index (χ0) is 28.0. The number of aromatic nitrogens is 3. The summed E-state index contributed by atoms with van der Waals surface area (Å²) in [7, 11) is 4.13. The van der Waals surface area contributed by atoms with Crippen LogP contribution in [0.3, 0.4) is 0 Å². The van der Waals surface area contributed by atoms with Gasteiger partial charge in [-0.3, -0.25) is 4.79 Å². The molecule has 12 heteroatoms. The first-order chi connectivity index (χ1) is 19.3. The molecule has 208 valence electrons. The minimum atomic E-state index is -1.30. The third kappa shape index (κ3) is 4.75. The van der Waals surface area contributed by atoms with Crippen molar-refractivity contribution >= 4 is 40.0 Å². The number of fused-ring (bicyclic) bond motifs is 1. The number of hydrogen-bond acceptors (Lipinski definition) is 9. The number of pyridine rings is 2. The number of ether oxygens (including phenoxy) is 1. The van der Waals surface area contributed by atoms with Gasteiger partial charge >= 0.3 is 12.0 Å². The van der Waals surface area contributed by atoms with Crippen LogP contribution in [0.1, 0.15) is 23.2 Å². The Hall–Kier alpha value is -4.09. The van der Waals surface area contributed by atoms with Crippen LogP contribution in [0, 0.1) is 0 Å². The zero-order valence-corrected chi connectivity index (χ0v) is 22.9. The maximum absolute atomic E-state index is 13.2. The monoisotopic (exact) mass is 564 g/mol. The number of carboxylic acid groups (broad SMARTS) is 1. The minimum Gasteiger partial charge on any atom is -0.477 e. The molecular formula is C28H29ClN6O5. The van der Waals surface area contributed by atoms with E-state index in [0.29, 0.717) is 28.9 Å². The van der Waals surface area contributed by atoms with Crippen molar-refractivity contribution in [2.24, 2.45) is 0 Å². The van der Waals surface area contributed by atoms with Gasteiger partial charge in [0.1, 0.15) is 24.3 Å². The van der Waals surface area contributed by atoms with Gasteiger partial charge in [0.2, 0.25) is 5.43 Å². The van der Waals surface area contributed by atoms with Crippen LogP contribution >= 0.6 is 11.6 Å². The van der Waals surface area contributed by atoms with Crippen molar-refractivity contribution in [2.75, 3.05) is 50.1 Å². The van der Waals surface area contributed by atoms with E-state index >= 15 is 0 Å². The van der Waals surface area contributed by atoms with Crippen LogP contribution in [0.15, 0.2) is 58.3 Å². The number of anilines is 2. The van der Waals surface area contributed by atoms with Gasteiger partial charge < -0.3 is 33.5 Å². The maximum atomic E-state index is 13.2. The number of halogens is 1. The molecule has 0 aliphatic carbocycles. The van der Waals surface area contributed by atoms with Gasteiger partial charge in [-0.05, 0) is 51.2 Å². The second-order valence-electron chi connectivity index (χ2n) is 10.4. The Labute approximate surface area is 235 Å². The fourth-order valence-corrected chi connectivity index (χ4v) is 5.64. The predicted molar refractivity (Wildman–Crippen MR) is 151 cm³/mol. The van der Waals surface area contributed by atoms with Gasteiger partial charge in [-0.15, -0.1) is 0 Å². The van der Waals surface area contributed by atoms with E-state index in [2.05, 4.69) is 38.8 Å². The lowest BCUT2D eigenvalue weighted by molar-refractivity contribution is 0.0695. The quantitative estimate of drug-likeness (QED) is 0.340. The molecule has 0 amide bonds. The summed E-state index contributed by atoms with van der Waals surface area (Å²) in [5, 5.41) is 10.4. The summed E-state index contributed by atoms with van der Waals surface area (Å²) in [6.07, 6.45) is 8.07. The normalized spacial score (nSPS) is 17.6.